The monoisotopic (exact) mass is 333 g/mol. The Labute approximate surface area is 143 Å². The predicted molar refractivity (Wildman–Crippen MR) is 92.2 cm³/mol. The van der Waals surface area contributed by atoms with Gasteiger partial charge in [0.25, 0.3) is 5.91 Å². The van der Waals surface area contributed by atoms with Crippen molar-refractivity contribution in [1.82, 2.24) is 10.3 Å². The van der Waals surface area contributed by atoms with Crippen LogP contribution in [0.3, 0.4) is 0 Å². The highest BCUT2D eigenvalue weighted by atomic mass is 16.7. The number of unbranched alkanes of at least 4 members (excludes halogenated alkanes) is 2. The molecule has 3 rings (SSSR count). The van der Waals surface area contributed by atoms with Crippen LogP contribution in [0, 0.1) is 0 Å². The molecule has 2 aliphatic heterocycles. The smallest absolute Gasteiger partial charge is 0.252 e. The van der Waals surface area contributed by atoms with Gasteiger partial charge < -0.3 is 19.7 Å². The lowest BCUT2D eigenvalue weighted by Crippen LogP contribution is -2.45. The zero-order valence-electron chi connectivity index (χ0n) is 14.4. The first-order valence-electron chi connectivity index (χ1n) is 8.98. The molecule has 0 bridgehead atoms. The molecule has 1 N–H and O–H groups in total. The van der Waals surface area contributed by atoms with Gasteiger partial charge in [-0.3, -0.25) is 9.78 Å². The molecule has 24 heavy (non-hydrogen) atoms. The fourth-order valence-corrected chi connectivity index (χ4v) is 3.30. The molecule has 1 spiro atoms. The number of pyridine rings is 1. The van der Waals surface area contributed by atoms with E-state index in [1.54, 1.807) is 6.20 Å². The summed E-state index contributed by atoms with van der Waals surface area (Å²) in [5.41, 5.74) is 1.61. The lowest BCUT2D eigenvalue weighted by molar-refractivity contribution is -0.169. The summed E-state index contributed by atoms with van der Waals surface area (Å²) in [6.45, 7) is 5.95. The van der Waals surface area contributed by atoms with Gasteiger partial charge in [0, 0.05) is 38.7 Å². The number of nitrogens with one attached hydrogen (secondary N) is 1. The minimum absolute atomic E-state index is 0.0450. The average molecular weight is 333 g/mol. The SMILES string of the molecule is CCCCCNC(=O)c1cncc(N2CCC3(CC2)OCCO3)c1. The Balaban J connectivity index is 1.56. The zero-order chi connectivity index (χ0) is 16.8. The van der Waals surface area contributed by atoms with Gasteiger partial charge in [-0.2, -0.15) is 0 Å². The van der Waals surface area contributed by atoms with Crippen molar-refractivity contribution in [2.45, 2.75) is 44.8 Å². The Bertz CT molecular complexity index is 548. The highest BCUT2D eigenvalue weighted by Crippen LogP contribution is 2.33. The van der Waals surface area contributed by atoms with Gasteiger partial charge in [-0.1, -0.05) is 19.8 Å². The molecule has 2 saturated heterocycles. The molecule has 0 unspecified atom stereocenters. The van der Waals surface area contributed by atoms with Gasteiger partial charge >= 0.3 is 0 Å². The summed E-state index contributed by atoms with van der Waals surface area (Å²) in [6, 6.07) is 1.93. The number of carbonyl (C=O) groups excluding carboxylic acids is 1. The predicted octanol–water partition coefficient (Wildman–Crippen LogP) is 2.34. The fraction of sp³-hybridized carbons (Fsp3) is 0.667. The van der Waals surface area contributed by atoms with E-state index in [-0.39, 0.29) is 11.7 Å². The molecule has 0 aromatic carbocycles. The Morgan fingerprint density at radius 2 is 2.00 bits per heavy atom. The molecule has 2 fully saturated rings. The van der Waals surface area contributed by atoms with Crippen LogP contribution in [0.25, 0.3) is 0 Å². The molecule has 132 valence electrons. The van der Waals surface area contributed by atoms with Crippen molar-refractivity contribution in [3.8, 4) is 0 Å². The standard InChI is InChI=1S/C18H27N3O3/c1-2-3-4-7-20-17(22)15-12-16(14-19-13-15)21-8-5-18(6-9-21)23-10-11-24-18/h12-14H,2-11H2,1H3,(H,20,22). The van der Waals surface area contributed by atoms with E-state index in [1.165, 1.54) is 0 Å². The molecule has 0 saturated carbocycles. The van der Waals surface area contributed by atoms with Crippen LogP contribution < -0.4 is 10.2 Å². The summed E-state index contributed by atoms with van der Waals surface area (Å²) < 4.78 is 11.5. The second kappa shape index (κ2) is 7.94. The van der Waals surface area contributed by atoms with E-state index in [0.29, 0.717) is 18.8 Å². The Morgan fingerprint density at radius 1 is 1.25 bits per heavy atom. The van der Waals surface area contributed by atoms with E-state index in [2.05, 4.69) is 22.1 Å². The third-order valence-corrected chi connectivity index (χ3v) is 4.76. The molecule has 2 aliphatic rings. The van der Waals surface area contributed by atoms with Crippen molar-refractivity contribution >= 4 is 11.6 Å². The number of carbonyl (C=O) groups is 1. The van der Waals surface area contributed by atoms with Crippen LogP contribution in [0.4, 0.5) is 5.69 Å². The van der Waals surface area contributed by atoms with E-state index in [4.69, 9.17) is 9.47 Å². The van der Waals surface area contributed by atoms with E-state index in [1.807, 2.05) is 12.3 Å². The highest BCUT2D eigenvalue weighted by Gasteiger charge is 2.39. The molecule has 1 aromatic rings. The highest BCUT2D eigenvalue weighted by molar-refractivity contribution is 5.94. The van der Waals surface area contributed by atoms with Gasteiger partial charge in [0.05, 0.1) is 30.7 Å². The third-order valence-electron chi connectivity index (χ3n) is 4.76. The molecule has 0 radical (unpaired) electrons. The first-order chi connectivity index (χ1) is 11.7. The Morgan fingerprint density at radius 3 is 2.71 bits per heavy atom. The zero-order valence-corrected chi connectivity index (χ0v) is 14.4. The minimum Gasteiger partial charge on any atom is -0.370 e. The van der Waals surface area contributed by atoms with E-state index < -0.39 is 0 Å². The number of amides is 1. The normalized spacial score (nSPS) is 19.6. The van der Waals surface area contributed by atoms with Crippen molar-refractivity contribution in [1.29, 1.82) is 0 Å². The molecule has 1 amide bonds. The van der Waals surface area contributed by atoms with Crippen molar-refractivity contribution in [2.75, 3.05) is 37.7 Å². The van der Waals surface area contributed by atoms with Crippen molar-refractivity contribution in [2.24, 2.45) is 0 Å². The summed E-state index contributed by atoms with van der Waals surface area (Å²) in [6.07, 6.45) is 8.45. The summed E-state index contributed by atoms with van der Waals surface area (Å²) >= 11 is 0. The number of anilines is 1. The number of hydrogen-bond donors (Lipinski definition) is 1. The van der Waals surface area contributed by atoms with E-state index in [0.717, 1.165) is 57.4 Å². The summed E-state index contributed by atoms with van der Waals surface area (Å²) in [5.74, 6) is -0.422. The third kappa shape index (κ3) is 4.05. The van der Waals surface area contributed by atoms with Crippen LogP contribution >= 0.6 is 0 Å². The summed E-state index contributed by atoms with van der Waals surface area (Å²) in [7, 11) is 0. The van der Waals surface area contributed by atoms with Crippen LogP contribution in [0.15, 0.2) is 18.5 Å². The number of nitrogens with zero attached hydrogens (tertiary/aromatic N) is 2. The van der Waals surface area contributed by atoms with Crippen molar-refractivity contribution < 1.29 is 14.3 Å². The molecular formula is C18H27N3O3. The van der Waals surface area contributed by atoms with Gasteiger partial charge in [-0.25, -0.2) is 0 Å². The maximum absolute atomic E-state index is 12.2. The molecule has 0 aliphatic carbocycles. The van der Waals surface area contributed by atoms with Gasteiger partial charge in [0.2, 0.25) is 0 Å². The van der Waals surface area contributed by atoms with Crippen LogP contribution in [0.2, 0.25) is 0 Å². The Kier molecular flexibility index (Phi) is 5.68. The number of ether oxygens (including phenoxy) is 2. The van der Waals surface area contributed by atoms with Crippen LogP contribution in [-0.2, 0) is 9.47 Å². The quantitative estimate of drug-likeness (QED) is 0.810. The van der Waals surface area contributed by atoms with Crippen molar-refractivity contribution in [3.05, 3.63) is 24.0 Å². The average Bonchev–Trinajstić information content (AvgIpc) is 3.07. The van der Waals surface area contributed by atoms with Gasteiger partial charge in [0.15, 0.2) is 5.79 Å². The largest absolute Gasteiger partial charge is 0.370 e. The number of hydrogen-bond acceptors (Lipinski definition) is 5. The summed E-state index contributed by atoms with van der Waals surface area (Å²) in [5, 5.41) is 2.97. The Hall–Kier alpha value is -1.66. The molecule has 1 aromatic heterocycles. The summed E-state index contributed by atoms with van der Waals surface area (Å²) in [4.78, 5) is 18.7. The van der Waals surface area contributed by atoms with E-state index in [9.17, 15) is 4.79 Å². The molecule has 3 heterocycles. The fourth-order valence-electron chi connectivity index (χ4n) is 3.30. The first-order valence-corrected chi connectivity index (χ1v) is 8.98. The topological polar surface area (TPSA) is 63.7 Å². The van der Waals surface area contributed by atoms with Crippen LogP contribution in [-0.4, -0.2) is 49.5 Å². The van der Waals surface area contributed by atoms with Crippen LogP contribution in [0.5, 0.6) is 0 Å². The lowest BCUT2D eigenvalue weighted by atomic mass is 10.0. The number of aromatic nitrogens is 1. The lowest BCUT2D eigenvalue weighted by Gasteiger charge is -2.38. The second-order valence-corrected chi connectivity index (χ2v) is 6.49. The molecular weight excluding hydrogens is 306 g/mol. The van der Waals surface area contributed by atoms with E-state index >= 15 is 0 Å². The van der Waals surface area contributed by atoms with Gasteiger partial charge in [-0.05, 0) is 12.5 Å². The second-order valence-electron chi connectivity index (χ2n) is 6.49. The maximum atomic E-state index is 12.2. The maximum Gasteiger partial charge on any atom is 0.252 e. The number of rotatable bonds is 6. The first kappa shape index (κ1) is 17.2. The molecule has 0 atom stereocenters. The van der Waals surface area contributed by atoms with Gasteiger partial charge in [-0.15, -0.1) is 0 Å². The molecule has 6 nitrogen and oxygen atoms in total. The molecule has 6 heteroatoms. The van der Waals surface area contributed by atoms with Crippen LogP contribution in [0.1, 0.15) is 49.4 Å². The van der Waals surface area contributed by atoms with Gasteiger partial charge in [0.1, 0.15) is 0 Å². The number of piperidine rings is 1. The minimum atomic E-state index is -0.377. The van der Waals surface area contributed by atoms with Crippen molar-refractivity contribution in [3.63, 3.8) is 0 Å².